The number of rotatable bonds is 5. The number of hydrogen-bond acceptors (Lipinski definition) is 4. The van der Waals surface area contributed by atoms with Crippen molar-refractivity contribution in [2.75, 3.05) is 20.3 Å². The van der Waals surface area contributed by atoms with Gasteiger partial charge in [0, 0.05) is 18.7 Å². The van der Waals surface area contributed by atoms with Gasteiger partial charge in [-0.3, -0.25) is 4.79 Å². The number of aromatic hydroxyl groups is 1. The Labute approximate surface area is 104 Å². The number of benzene rings is 1. The first-order valence-electron chi connectivity index (χ1n) is 4.98. The van der Waals surface area contributed by atoms with E-state index in [2.05, 4.69) is 5.32 Å². The molecule has 0 aliphatic heterocycles. The molecule has 17 heavy (non-hydrogen) atoms. The summed E-state index contributed by atoms with van der Waals surface area (Å²) in [4.78, 5) is 11.6. The number of hydrogen-bond donors (Lipinski definition) is 3. The number of methoxy groups -OCH3 is 1. The highest BCUT2D eigenvalue weighted by molar-refractivity contribution is 6.31. The van der Waals surface area contributed by atoms with Crippen molar-refractivity contribution in [2.45, 2.75) is 6.10 Å². The third kappa shape index (κ3) is 4.22. The van der Waals surface area contributed by atoms with Crippen molar-refractivity contribution in [2.24, 2.45) is 0 Å². The molecule has 3 N–H and O–H groups in total. The Hall–Kier alpha value is -1.30. The van der Waals surface area contributed by atoms with Crippen LogP contribution in [0, 0.1) is 0 Å². The molecule has 1 aromatic carbocycles. The second-order valence-electron chi connectivity index (χ2n) is 3.48. The monoisotopic (exact) mass is 259 g/mol. The second kappa shape index (κ2) is 6.44. The zero-order valence-corrected chi connectivity index (χ0v) is 10.1. The van der Waals surface area contributed by atoms with Crippen molar-refractivity contribution in [3.05, 3.63) is 28.8 Å². The fraction of sp³-hybridized carbons (Fsp3) is 0.364. The van der Waals surface area contributed by atoms with Crippen LogP contribution in [-0.2, 0) is 4.74 Å². The van der Waals surface area contributed by atoms with Crippen LogP contribution in [0.2, 0.25) is 5.02 Å². The van der Waals surface area contributed by atoms with Crippen molar-refractivity contribution in [3.8, 4) is 5.75 Å². The lowest BCUT2D eigenvalue weighted by molar-refractivity contribution is 0.0609. The molecule has 0 heterocycles. The predicted molar refractivity (Wildman–Crippen MR) is 63.3 cm³/mol. The lowest BCUT2D eigenvalue weighted by Gasteiger charge is -2.11. The van der Waals surface area contributed by atoms with Gasteiger partial charge in [-0.15, -0.1) is 0 Å². The molecule has 0 aliphatic carbocycles. The molecule has 0 bridgehead atoms. The van der Waals surface area contributed by atoms with E-state index in [1.165, 1.54) is 25.3 Å². The summed E-state index contributed by atoms with van der Waals surface area (Å²) in [6.45, 7) is 0.167. The molecule has 0 aliphatic rings. The SMILES string of the molecule is COCC(O)CNC(=O)c1cc(Cl)ccc1O. The van der Waals surface area contributed by atoms with E-state index in [1.807, 2.05) is 0 Å². The molecule has 1 unspecified atom stereocenters. The Morgan fingerprint density at radius 1 is 1.59 bits per heavy atom. The highest BCUT2D eigenvalue weighted by Gasteiger charge is 2.13. The number of amides is 1. The van der Waals surface area contributed by atoms with E-state index in [0.29, 0.717) is 5.02 Å². The van der Waals surface area contributed by atoms with Gasteiger partial charge in [0.2, 0.25) is 0 Å². The second-order valence-corrected chi connectivity index (χ2v) is 3.92. The van der Waals surface area contributed by atoms with Crippen LogP contribution < -0.4 is 5.32 Å². The van der Waals surface area contributed by atoms with Gasteiger partial charge in [-0.05, 0) is 18.2 Å². The van der Waals surface area contributed by atoms with E-state index in [1.54, 1.807) is 0 Å². The van der Waals surface area contributed by atoms with E-state index in [0.717, 1.165) is 0 Å². The van der Waals surface area contributed by atoms with Gasteiger partial charge in [0.25, 0.3) is 5.91 Å². The minimum atomic E-state index is -0.787. The van der Waals surface area contributed by atoms with E-state index >= 15 is 0 Å². The molecule has 1 aromatic rings. The Balaban J connectivity index is 2.61. The van der Waals surface area contributed by atoms with Crippen LogP contribution in [0.25, 0.3) is 0 Å². The van der Waals surface area contributed by atoms with E-state index < -0.39 is 12.0 Å². The minimum Gasteiger partial charge on any atom is -0.507 e. The highest BCUT2D eigenvalue weighted by Crippen LogP contribution is 2.21. The average Bonchev–Trinajstić information content (AvgIpc) is 2.29. The van der Waals surface area contributed by atoms with Crippen LogP contribution in [0.5, 0.6) is 5.75 Å². The van der Waals surface area contributed by atoms with Gasteiger partial charge in [0.15, 0.2) is 0 Å². The van der Waals surface area contributed by atoms with Crippen molar-refractivity contribution in [1.29, 1.82) is 0 Å². The number of phenols is 1. The molecule has 1 amide bonds. The summed E-state index contributed by atoms with van der Waals surface area (Å²) in [5.41, 5.74) is 0.0714. The first kappa shape index (κ1) is 13.8. The molecule has 0 saturated carbocycles. The number of halogens is 1. The van der Waals surface area contributed by atoms with Gasteiger partial charge in [-0.1, -0.05) is 11.6 Å². The topological polar surface area (TPSA) is 78.8 Å². The lowest BCUT2D eigenvalue weighted by Crippen LogP contribution is -2.34. The van der Waals surface area contributed by atoms with Crippen LogP contribution in [0.15, 0.2) is 18.2 Å². The molecule has 0 saturated heterocycles. The normalized spacial score (nSPS) is 12.2. The summed E-state index contributed by atoms with van der Waals surface area (Å²) in [6, 6.07) is 4.17. The van der Waals surface area contributed by atoms with Crippen LogP contribution in [0.1, 0.15) is 10.4 Å². The maximum Gasteiger partial charge on any atom is 0.255 e. The number of carbonyl (C=O) groups excluding carboxylic acids is 1. The number of ether oxygens (including phenoxy) is 1. The van der Waals surface area contributed by atoms with Crippen LogP contribution in [0.4, 0.5) is 0 Å². The van der Waals surface area contributed by atoms with Gasteiger partial charge in [-0.25, -0.2) is 0 Å². The Bertz CT molecular complexity index is 397. The molecule has 1 rings (SSSR count). The average molecular weight is 260 g/mol. The minimum absolute atomic E-state index is 0.0403. The number of phenolic OH excluding ortho intramolecular Hbond substituents is 1. The summed E-state index contributed by atoms with van der Waals surface area (Å²) in [5, 5.41) is 21.6. The summed E-state index contributed by atoms with van der Waals surface area (Å²) >= 11 is 5.71. The summed E-state index contributed by atoms with van der Waals surface area (Å²) in [5.74, 6) is -0.659. The Morgan fingerprint density at radius 2 is 2.29 bits per heavy atom. The molecule has 5 nitrogen and oxygen atoms in total. The third-order valence-corrected chi connectivity index (χ3v) is 2.30. The molecular formula is C11H14ClNO4. The zero-order chi connectivity index (χ0) is 12.8. The fourth-order valence-corrected chi connectivity index (χ4v) is 1.42. The molecular weight excluding hydrogens is 246 g/mol. The van der Waals surface area contributed by atoms with Gasteiger partial charge in [-0.2, -0.15) is 0 Å². The summed E-state index contributed by atoms with van der Waals surface area (Å²) in [7, 11) is 1.45. The maximum absolute atomic E-state index is 11.6. The molecule has 0 spiro atoms. The van der Waals surface area contributed by atoms with Gasteiger partial charge in [0.05, 0.1) is 18.3 Å². The van der Waals surface area contributed by atoms with Gasteiger partial charge in [0.1, 0.15) is 5.75 Å². The van der Waals surface area contributed by atoms with E-state index in [4.69, 9.17) is 16.3 Å². The van der Waals surface area contributed by atoms with Gasteiger partial charge >= 0.3 is 0 Å². The summed E-state index contributed by atoms with van der Waals surface area (Å²) < 4.78 is 4.71. The van der Waals surface area contributed by atoms with Crippen LogP contribution >= 0.6 is 11.6 Å². The van der Waals surface area contributed by atoms with Crippen LogP contribution in [0.3, 0.4) is 0 Å². The van der Waals surface area contributed by atoms with Crippen molar-refractivity contribution < 1.29 is 19.7 Å². The quantitative estimate of drug-likeness (QED) is 0.730. The standard InChI is InChI=1S/C11H14ClNO4/c1-17-6-8(14)5-13-11(16)9-4-7(12)2-3-10(9)15/h2-4,8,14-15H,5-6H2,1H3,(H,13,16). The van der Waals surface area contributed by atoms with Crippen molar-refractivity contribution in [3.63, 3.8) is 0 Å². The van der Waals surface area contributed by atoms with E-state index in [9.17, 15) is 15.0 Å². The largest absolute Gasteiger partial charge is 0.507 e. The predicted octanol–water partition coefficient (Wildman–Crippen LogP) is 0.783. The molecule has 0 fully saturated rings. The van der Waals surface area contributed by atoms with Crippen LogP contribution in [-0.4, -0.2) is 42.5 Å². The number of aliphatic hydroxyl groups is 1. The molecule has 0 radical (unpaired) electrons. The Morgan fingerprint density at radius 3 is 2.94 bits per heavy atom. The van der Waals surface area contributed by atoms with Crippen molar-refractivity contribution in [1.82, 2.24) is 5.32 Å². The first-order valence-corrected chi connectivity index (χ1v) is 5.36. The molecule has 94 valence electrons. The number of carbonyl (C=O) groups is 1. The summed E-state index contributed by atoms with van der Waals surface area (Å²) in [6.07, 6.45) is -0.787. The molecule has 1 atom stereocenters. The molecule has 6 heteroatoms. The van der Waals surface area contributed by atoms with E-state index in [-0.39, 0.29) is 24.5 Å². The first-order chi connectivity index (χ1) is 8.04. The lowest BCUT2D eigenvalue weighted by atomic mass is 10.2. The fourth-order valence-electron chi connectivity index (χ4n) is 1.25. The van der Waals surface area contributed by atoms with Gasteiger partial charge < -0.3 is 20.3 Å². The molecule has 0 aromatic heterocycles. The zero-order valence-electron chi connectivity index (χ0n) is 9.31. The van der Waals surface area contributed by atoms with Crippen molar-refractivity contribution >= 4 is 17.5 Å². The number of nitrogens with one attached hydrogen (secondary N) is 1. The Kier molecular flexibility index (Phi) is 5.21. The maximum atomic E-state index is 11.6. The highest BCUT2D eigenvalue weighted by atomic mass is 35.5. The third-order valence-electron chi connectivity index (χ3n) is 2.06. The number of aliphatic hydroxyl groups excluding tert-OH is 1. The smallest absolute Gasteiger partial charge is 0.255 e.